The minimum Gasteiger partial charge on any atom is -0.478 e. The Labute approximate surface area is 124 Å². The lowest BCUT2D eigenvalue weighted by Crippen LogP contribution is -2.28. The molecule has 104 valence electrons. The molecule has 2 rings (SSSR count). The lowest BCUT2D eigenvalue weighted by molar-refractivity contribution is 0.0698. The number of amides is 2. The third-order valence-corrected chi connectivity index (χ3v) is 3.57. The molecule has 1 heterocycles. The third-order valence-electron chi connectivity index (χ3n) is 2.49. The molecule has 2 aromatic rings. The van der Waals surface area contributed by atoms with Crippen molar-refractivity contribution in [2.75, 3.05) is 5.32 Å². The Hall–Kier alpha value is -2.05. The lowest BCUT2D eigenvalue weighted by Gasteiger charge is -2.07. The van der Waals surface area contributed by atoms with E-state index >= 15 is 0 Å². The number of hydrogen-bond acceptors (Lipinski definition) is 3. The normalized spacial score (nSPS) is 10.1. The highest BCUT2D eigenvalue weighted by molar-refractivity contribution is 7.14. The summed E-state index contributed by atoms with van der Waals surface area (Å²) in [5.74, 6) is -1.07. The number of benzene rings is 1. The first-order valence-electron chi connectivity index (χ1n) is 5.66. The van der Waals surface area contributed by atoms with Gasteiger partial charge in [0, 0.05) is 11.6 Å². The zero-order valence-corrected chi connectivity index (χ0v) is 11.8. The molecular weight excluding hydrogens is 300 g/mol. The van der Waals surface area contributed by atoms with Crippen molar-refractivity contribution in [3.8, 4) is 0 Å². The maximum absolute atomic E-state index is 11.7. The summed E-state index contributed by atoms with van der Waals surface area (Å²) in [7, 11) is 0. The van der Waals surface area contributed by atoms with Gasteiger partial charge in [0.25, 0.3) is 0 Å². The number of halogens is 1. The van der Waals surface area contributed by atoms with E-state index in [0.29, 0.717) is 16.6 Å². The van der Waals surface area contributed by atoms with Gasteiger partial charge in [-0.15, -0.1) is 11.3 Å². The van der Waals surface area contributed by atoms with Gasteiger partial charge in [-0.2, -0.15) is 0 Å². The van der Waals surface area contributed by atoms with Crippen LogP contribution in [0.1, 0.15) is 15.9 Å². The van der Waals surface area contributed by atoms with Gasteiger partial charge in [0.2, 0.25) is 0 Å². The zero-order chi connectivity index (χ0) is 14.5. The second kappa shape index (κ2) is 6.40. The van der Waals surface area contributed by atoms with Gasteiger partial charge in [-0.25, -0.2) is 9.59 Å². The average molecular weight is 311 g/mol. The molecule has 1 aromatic carbocycles. The van der Waals surface area contributed by atoms with Crippen LogP contribution in [0.5, 0.6) is 0 Å². The standard InChI is InChI=1S/C13H11ClN2O3S/c14-9-3-1-8(2-4-9)7-15-13(19)16-11-10(12(17)18)5-6-20-11/h1-6H,7H2,(H,17,18)(H2,15,16,19). The first-order valence-corrected chi connectivity index (χ1v) is 6.92. The van der Waals surface area contributed by atoms with E-state index in [1.807, 2.05) is 0 Å². The van der Waals surface area contributed by atoms with Gasteiger partial charge < -0.3 is 10.4 Å². The summed E-state index contributed by atoms with van der Waals surface area (Å²) >= 11 is 6.92. The van der Waals surface area contributed by atoms with Crippen molar-refractivity contribution in [3.63, 3.8) is 0 Å². The van der Waals surface area contributed by atoms with E-state index in [4.69, 9.17) is 16.7 Å². The highest BCUT2D eigenvalue weighted by Gasteiger charge is 2.13. The van der Waals surface area contributed by atoms with E-state index < -0.39 is 12.0 Å². The molecular formula is C13H11ClN2O3S. The summed E-state index contributed by atoms with van der Waals surface area (Å²) in [5.41, 5.74) is 0.978. The Balaban J connectivity index is 1.91. The van der Waals surface area contributed by atoms with Crippen molar-refractivity contribution in [1.29, 1.82) is 0 Å². The number of carbonyl (C=O) groups excluding carboxylic acids is 1. The Kier molecular flexibility index (Phi) is 4.60. The van der Waals surface area contributed by atoms with E-state index in [0.717, 1.165) is 16.9 Å². The molecule has 0 fully saturated rings. The molecule has 3 N–H and O–H groups in total. The maximum Gasteiger partial charge on any atom is 0.338 e. The van der Waals surface area contributed by atoms with Crippen LogP contribution in [0.15, 0.2) is 35.7 Å². The quantitative estimate of drug-likeness (QED) is 0.809. The van der Waals surface area contributed by atoms with Gasteiger partial charge in [-0.05, 0) is 29.1 Å². The fourth-order valence-electron chi connectivity index (χ4n) is 1.51. The minimum atomic E-state index is -1.07. The molecule has 0 atom stereocenters. The van der Waals surface area contributed by atoms with Gasteiger partial charge >= 0.3 is 12.0 Å². The zero-order valence-electron chi connectivity index (χ0n) is 10.2. The Bertz CT molecular complexity index is 625. The van der Waals surface area contributed by atoms with Crippen molar-refractivity contribution in [1.82, 2.24) is 5.32 Å². The number of hydrogen-bond donors (Lipinski definition) is 3. The Morgan fingerprint density at radius 2 is 1.90 bits per heavy atom. The van der Waals surface area contributed by atoms with E-state index in [-0.39, 0.29) is 5.56 Å². The van der Waals surface area contributed by atoms with Crippen LogP contribution in [0.4, 0.5) is 9.80 Å². The average Bonchev–Trinajstić information content (AvgIpc) is 2.86. The van der Waals surface area contributed by atoms with Gasteiger partial charge in [0.1, 0.15) is 5.00 Å². The minimum absolute atomic E-state index is 0.0802. The number of rotatable bonds is 4. The molecule has 0 unspecified atom stereocenters. The topological polar surface area (TPSA) is 78.4 Å². The van der Waals surface area contributed by atoms with Crippen molar-refractivity contribution in [2.24, 2.45) is 0 Å². The number of carboxylic acid groups (broad SMARTS) is 1. The number of thiophene rings is 1. The number of urea groups is 1. The maximum atomic E-state index is 11.7. The highest BCUT2D eigenvalue weighted by Crippen LogP contribution is 2.22. The van der Waals surface area contributed by atoms with Gasteiger partial charge in [-0.1, -0.05) is 23.7 Å². The lowest BCUT2D eigenvalue weighted by atomic mass is 10.2. The van der Waals surface area contributed by atoms with Crippen molar-refractivity contribution in [3.05, 3.63) is 51.9 Å². The highest BCUT2D eigenvalue weighted by atomic mass is 35.5. The summed E-state index contributed by atoms with van der Waals surface area (Å²) in [4.78, 5) is 22.6. The van der Waals surface area contributed by atoms with Crippen LogP contribution in [0, 0.1) is 0 Å². The fraction of sp³-hybridized carbons (Fsp3) is 0.0769. The van der Waals surface area contributed by atoms with Crippen LogP contribution in [-0.4, -0.2) is 17.1 Å². The Morgan fingerprint density at radius 1 is 1.20 bits per heavy atom. The molecule has 0 spiro atoms. The van der Waals surface area contributed by atoms with Gasteiger partial charge in [-0.3, -0.25) is 5.32 Å². The summed E-state index contributed by atoms with van der Waals surface area (Å²) in [6.07, 6.45) is 0. The molecule has 0 aliphatic rings. The molecule has 5 nitrogen and oxygen atoms in total. The Morgan fingerprint density at radius 3 is 2.55 bits per heavy atom. The molecule has 0 aliphatic heterocycles. The monoisotopic (exact) mass is 310 g/mol. The first-order chi connectivity index (χ1) is 9.56. The number of carboxylic acids is 1. The fourth-order valence-corrected chi connectivity index (χ4v) is 2.41. The molecule has 2 amide bonds. The van der Waals surface area contributed by atoms with Crippen LogP contribution in [0.3, 0.4) is 0 Å². The molecule has 1 aromatic heterocycles. The van der Waals surface area contributed by atoms with Crippen LogP contribution in [0.2, 0.25) is 5.02 Å². The van der Waals surface area contributed by atoms with E-state index in [9.17, 15) is 9.59 Å². The predicted molar refractivity (Wildman–Crippen MR) is 78.6 cm³/mol. The van der Waals surface area contributed by atoms with E-state index in [2.05, 4.69) is 10.6 Å². The van der Waals surface area contributed by atoms with Crippen molar-refractivity contribution < 1.29 is 14.7 Å². The van der Waals surface area contributed by atoms with Crippen LogP contribution in [0.25, 0.3) is 0 Å². The second-order valence-electron chi connectivity index (χ2n) is 3.90. The molecule has 0 bridgehead atoms. The summed E-state index contributed by atoms with van der Waals surface area (Å²) in [5, 5.41) is 16.6. The molecule has 0 radical (unpaired) electrons. The van der Waals surface area contributed by atoms with Gasteiger partial charge in [0.05, 0.1) is 5.56 Å². The number of aromatic carboxylic acids is 1. The third kappa shape index (κ3) is 3.72. The summed E-state index contributed by atoms with van der Waals surface area (Å²) in [6.45, 7) is 0.330. The first kappa shape index (κ1) is 14.4. The van der Waals surface area contributed by atoms with E-state index in [1.54, 1.807) is 29.6 Å². The second-order valence-corrected chi connectivity index (χ2v) is 5.26. The number of anilines is 1. The van der Waals surface area contributed by atoms with Crippen molar-refractivity contribution in [2.45, 2.75) is 6.54 Å². The summed E-state index contributed by atoms with van der Waals surface area (Å²) in [6, 6.07) is 8.07. The van der Waals surface area contributed by atoms with Crippen LogP contribution < -0.4 is 10.6 Å². The SMILES string of the molecule is O=C(NCc1ccc(Cl)cc1)Nc1sccc1C(=O)O. The molecule has 0 saturated carbocycles. The van der Waals surface area contributed by atoms with Crippen LogP contribution in [-0.2, 0) is 6.54 Å². The molecule has 20 heavy (non-hydrogen) atoms. The molecule has 0 aliphatic carbocycles. The van der Waals surface area contributed by atoms with Crippen LogP contribution >= 0.6 is 22.9 Å². The van der Waals surface area contributed by atoms with Gasteiger partial charge in [0.15, 0.2) is 0 Å². The number of nitrogens with one attached hydrogen (secondary N) is 2. The predicted octanol–water partition coefficient (Wildman–Crippen LogP) is 3.42. The molecule has 0 saturated heterocycles. The van der Waals surface area contributed by atoms with E-state index in [1.165, 1.54) is 6.07 Å². The summed E-state index contributed by atoms with van der Waals surface area (Å²) < 4.78 is 0. The number of carbonyl (C=O) groups is 2. The van der Waals surface area contributed by atoms with Crippen molar-refractivity contribution >= 4 is 39.9 Å². The molecule has 7 heteroatoms. The largest absolute Gasteiger partial charge is 0.478 e. The smallest absolute Gasteiger partial charge is 0.338 e.